The van der Waals surface area contributed by atoms with Gasteiger partial charge in [-0.1, -0.05) is 12.1 Å². The molecular weight excluding hydrogens is 244 g/mol. The van der Waals surface area contributed by atoms with E-state index in [4.69, 9.17) is 5.73 Å². The van der Waals surface area contributed by atoms with Crippen molar-refractivity contribution in [2.24, 2.45) is 11.7 Å². The molecule has 1 aliphatic rings. The van der Waals surface area contributed by atoms with Crippen LogP contribution in [0.4, 0.5) is 0 Å². The van der Waals surface area contributed by atoms with Gasteiger partial charge in [-0.3, -0.25) is 9.59 Å². The summed E-state index contributed by atoms with van der Waals surface area (Å²) in [6.45, 7) is 2.76. The summed E-state index contributed by atoms with van der Waals surface area (Å²) in [7, 11) is 0. The summed E-state index contributed by atoms with van der Waals surface area (Å²) in [5.41, 5.74) is 6.26. The summed E-state index contributed by atoms with van der Waals surface area (Å²) in [6, 6.07) is 5.12. The number of hydrogen-bond acceptors (Lipinski definition) is 3. The van der Waals surface area contributed by atoms with Crippen LogP contribution < -0.4 is 5.73 Å². The number of carbonyl (C=O) groups is 2. The third-order valence-corrected chi connectivity index (χ3v) is 3.65. The highest BCUT2D eigenvalue weighted by Crippen LogP contribution is 2.25. The number of aryl methyl sites for hydroxylation is 1. The Morgan fingerprint density at radius 3 is 2.53 bits per heavy atom. The van der Waals surface area contributed by atoms with E-state index in [1.807, 2.05) is 0 Å². The Kier molecular flexibility index (Phi) is 3.74. The zero-order chi connectivity index (χ0) is 14.0. The smallest absolute Gasteiger partial charge is 0.257 e. The van der Waals surface area contributed by atoms with Gasteiger partial charge in [0.25, 0.3) is 5.91 Å². The number of likely N-dealkylation sites (tertiary alicyclic amines) is 1. The summed E-state index contributed by atoms with van der Waals surface area (Å²) in [5, 5.41) is 9.92. The Balaban J connectivity index is 2.09. The molecule has 3 N–H and O–H groups in total. The first-order valence-electron chi connectivity index (χ1n) is 6.38. The zero-order valence-corrected chi connectivity index (χ0v) is 10.9. The van der Waals surface area contributed by atoms with Gasteiger partial charge >= 0.3 is 0 Å². The van der Waals surface area contributed by atoms with E-state index in [1.165, 1.54) is 0 Å². The lowest BCUT2D eigenvalue weighted by molar-refractivity contribution is -0.123. The Labute approximate surface area is 112 Å². The quantitative estimate of drug-likeness (QED) is 0.835. The average Bonchev–Trinajstić information content (AvgIpc) is 2.41. The summed E-state index contributed by atoms with van der Waals surface area (Å²) >= 11 is 0. The number of benzene rings is 1. The number of nitrogens with zero attached hydrogens (tertiary/aromatic N) is 1. The van der Waals surface area contributed by atoms with Crippen LogP contribution >= 0.6 is 0 Å². The molecule has 1 aromatic rings. The van der Waals surface area contributed by atoms with Crippen LogP contribution in [0.1, 0.15) is 28.8 Å². The van der Waals surface area contributed by atoms with Crippen LogP contribution in [0.3, 0.4) is 0 Å². The van der Waals surface area contributed by atoms with Crippen molar-refractivity contribution in [2.45, 2.75) is 19.8 Å². The number of carbonyl (C=O) groups excluding carboxylic acids is 2. The van der Waals surface area contributed by atoms with Crippen LogP contribution in [-0.4, -0.2) is 34.9 Å². The third kappa shape index (κ3) is 2.70. The highest BCUT2D eigenvalue weighted by molar-refractivity contribution is 5.97. The molecule has 0 aromatic heterocycles. The number of rotatable bonds is 2. The van der Waals surface area contributed by atoms with Crippen LogP contribution in [0, 0.1) is 12.8 Å². The van der Waals surface area contributed by atoms with Crippen molar-refractivity contribution in [3.05, 3.63) is 29.3 Å². The number of piperidine rings is 1. The summed E-state index contributed by atoms with van der Waals surface area (Å²) in [5.74, 6) is -0.602. The summed E-state index contributed by atoms with van der Waals surface area (Å²) in [4.78, 5) is 25.0. The van der Waals surface area contributed by atoms with Gasteiger partial charge in [0, 0.05) is 19.0 Å². The van der Waals surface area contributed by atoms with Crippen LogP contribution in [-0.2, 0) is 4.79 Å². The second-order valence-electron chi connectivity index (χ2n) is 4.94. The molecule has 1 aromatic carbocycles. The summed E-state index contributed by atoms with van der Waals surface area (Å²) < 4.78 is 0. The van der Waals surface area contributed by atoms with Gasteiger partial charge in [0.15, 0.2) is 0 Å². The van der Waals surface area contributed by atoms with Crippen LogP contribution in [0.15, 0.2) is 18.2 Å². The standard InChI is InChI=1S/C14H18N2O3/c1-9-3-2-4-11(12(9)17)14(19)16-7-5-10(6-8-16)13(15)18/h2-4,10,17H,5-8H2,1H3,(H2,15,18). The lowest BCUT2D eigenvalue weighted by Gasteiger charge is -2.30. The maximum Gasteiger partial charge on any atom is 0.257 e. The van der Waals surface area contributed by atoms with Crippen molar-refractivity contribution in [3.63, 3.8) is 0 Å². The molecule has 0 aliphatic carbocycles. The SMILES string of the molecule is Cc1cccc(C(=O)N2CCC(C(N)=O)CC2)c1O. The second kappa shape index (κ2) is 5.30. The Morgan fingerprint density at radius 1 is 1.32 bits per heavy atom. The molecule has 0 spiro atoms. The van der Waals surface area contributed by atoms with Gasteiger partial charge in [0.2, 0.25) is 5.91 Å². The number of amides is 2. The second-order valence-corrected chi connectivity index (χ2v) is 4.94. The maximum atomic E-state index is 12.3. The first-order valence-corrected chi connectivity index (χ1v) is 6.38. The number of phenols is 1. The van der Waals surface area contributed by atoms with Crippen molar-refractivity contribution in [1.29, 1.82) is 0 Å². The number of primary amides is 1. The number of para-hydroxylation sites is 1. The summed E-state index contributed by atoms with van der Waals surface area (Å²) in [6.07, 6.45) is 1.18. The molecule has 2 amide bonds. The van der Waals surface area contributed by atoms with E-state index in [0.717, 1.165) is 0 Å². The Hall–Kier alpha value is -2.04. The molecule has 2 rings (SSSR count). The maximum absolute atomic E-state index is 12.3. The van der Waals surface area contributed by atoms with E-state index in [-0.39, 0.29) is 23.5 Å². The van der Waals surface area contributed by atoms with Gasteiger partial charge in [-0.2, -0.15) is 0 Å². The Bertz CT molecular complexity index is 505. The molecule has 1 heterocycles. The molecule has 1 saturated heterocycles. The van der Waals surface area contributed by atoms with Gasteiger partial charge < -0.3 is 15.7 Å². The van der Waals surface area contributed by atoms with Crippen molar-refractivity contribution in [2.75, 3.05) is 13.1 Å². The van der Waals surface area contributed by atoms with Gasteiger partial charge in [0.05, 0.1) is 5.56 Å². The first-order chi connectivity index (χ1) is 9.00. The van der Waals surface area contributed by atoms with Gasteiger partial charge in [-0.25, -0.2) is 0 Å². The molecule has 0 atom stereocenters. The molecule has 1 aliphatic heterocycles. The molecule has 0 radical (unpaired) electrons. The lowest BCUT2D eigenvalue weighted by atomic mass is 9.95. The van der Waals surface area contributed by atoms with Crippen LogP contribution in [0.5, 0.6) is 5.75 Å². The largest absolute Gasteiger partial charge is 0.507 e. The molecule has 0 saturated carbocycles. The van der Waals surface area contributed by atoms with Gasteiger partial charge in [-0.15, -0.1) is 0 Å². The van der Waals surface area contributed by atoms with E-state index in [2.05, 4.69) is 0 Å². The van der Waals surface area contributed by atoms with Crippen molar-refractivity contribution in [1.82, 2.24) is 4.90 Å². The number of aromatic hydroxyl groups is 1. The van der Waals surface area contributed by atoms with Crippen molar-refractivity contribution < 1.29 is 14.7 Å². The van der Waals surface area contributed by atoms with Crippen molar-refractivity contribution in [3.8, 4) is 5.75 Å². The number of phenolic OH excluding ortho intramolecular Hbond substituents is 1. The monoisotopic (exact) mass is 262 g/mol. The zero-order valence-electron chi connectivity index (χ0n) is 10.9. The highest BCUT2D eigenvalue weighted by atomic mass is 16.3. The predicted octanol–water partition coefficient (Wildman–Crippen LogP) is 1.04. The van der Waals surface area contributed by atoms with E-state index in [9.17, 15) is 14.7 Å². The highest BCUT2D eigenvalue weighted by Gasteiger charge is 2.27. The van der Waals surface area contributed by atoms with Crippen molar-refractivity contribution >= 4 is 11.8 Å². The van der Waals surface area contributed by atoms with Gasteiger partial charge in [0.1, 0.15) is 5.75 Å². The molecule has 19 heavy (non-hydrogen) atoms. The third-order valence-electron chi connectivity index (χ3n) is 3.65. The molecule has 5 nitrogen and oxygen atoms in total. The number of hydrogen-bond donors (Lipinski definition) is 2. The minimum absolute atomic E-state index is 0.0320. The minimum Gasteiger partial charge on any atom is -0.507 e. The van der Waals surface area contributed by atoms with Crippen LogP contribution in [0.25, 0.3) is 0 Å². The van der Waals surface area contributed by atoms with E-state index in [0.29, 0.717) is 37.1 Å². The van der Waals surface area contributed by atoms with E-state index >= 15 is 0 Å². The topological polar surface area (TPSA) is 83.6 Å². The fraction of sp³-hybridized carbons (Fsp3) is 0.429. The molecule has 5 heteroatoms. The fourth-order valence-corrected chi connectivity index (χ4v) is 2.37. The predicted molar refractivity (Wildman–Crippen MR) is 70.7 cm³/mol. The molecule has 0 unspecified atom stereocenters. The lowest BCUT2D eigenvalue weighted by Crippen LogP contribution is -2.41. The average molecular weight is 262 g/mol. The van der Waals surface area contributed by atoms with Gasteiger partial charge in [-0.05, 0) is 31.4 Å². The minimum atomic E-state index is -0.300. The van der Waals surface area contributed by atoms with E-state index < -0.39 is 0 Å². The first kappa shape index (κ1) is 13.4. The molecule has 0 bridgehead atoms. The molecular formula is C14H18N2O3. The normalized spacial score (nSPS) is 16.4. The molecule has 102 valence electrons. The fourth-order valence-electron chi connectivity index (χ4n) is 2.37. The van der Waals surface area contributed by atoms with Crippen LogP contribution in [0.2, 0.25) is 0 Å². The number of nitrogens with two attached hydrogens (primary N) is 1. The molecule has 1 fully saturated rings. The Morgan fingerprint density at radius 2 is 1.95 bits per heavy atom. The van der Waals surface area contributed by atoms with E-state index in [1.54, 1.807) is 30.0 Å².